The number of aromatic nitrogens is 1. The summed E-state index contributed by atoms with van der Waals surface area (Å²) in [5.74, 6) is 2.16. The molecular weight excluding hydrogens is 414 g/mol. The minimum absolute atomic E-state index is 0. The first-order valence-corrected chi connectivity index (χ1v) is 11.1. The second-order valence-corrected chi connectivity index (χ2v) is 8.64. The van der Waals surface area contributed by atoms with E-state index >= 15 is 0 Å². The van der Waals surface area contributed by atoms with Gasteiger partial charge in [0.25, 0.3) is 5.91 Å². The lowest BCUT2D eigenvalue weighted by Gasteiger charge is -2.37. The van der Waals surface area contributed by atoms with Crippen LogP contribution in [-0.4, -0.2) is 60.2 Å². The van der Waals surface area contributed by atoms with Gasteiger partial charge < -0.3 is 19.3 Å². The molecular formula is C24H30ClN3O3. The van der Waals surface area contributed by atoms with Crippen molar-refractivity contribution in [2.45, 2.75) is 32.1 Å². The molecule has 0 radical (unpaired) electrons. The molecule has 3 aliphatic heterocycles. The standard InChI is InChI=1S/C24H29N3O3.ClH/c28-24-21-13-23-22(29-17-30-23)12-20(21)7-11-27(24)16-19-6-3-10-26(15-19)9-2-5-18-4-1-8-25-14-18;/h1,4,8,12-14,19H,2-3,5-7,9-11,15-17H2;1H. The molecule has 1 saturated heterocycles. The Morgan fingerprint density at radius 1 is 1.16 bits per heavy atom. The second kappa shape index (κ2) is 9.88. The number of carbonyl (C=O) groups is 1. The number of hydrogen-bond donors (Lipinski definition) is 0. The van der Waals surface area contributed by atoms with Crippen LogP contribution in [0.25, 0.3) is 0 Å². The Morgan fingerprint density at radius 3 is 2.87 bits per heavy atom. The number of aryl methyl sites for hydroxylation is 1. The first-order valence-electron chi connectivity index (χ1n) is 11.1. The summed E-state index contributed by atoms with van der Waals surface area (Å²) in [7, 11) is 0. The second-order valence-electron chi connectivity index (χ2n) is 8.64. The molecule has 1 unspecified atom stereocenters. The van der Waals surface area contributed by atoms with E-state index in [2.05, 4.69) is 16.0 Å². The van der Waals surface area contributed by atoms with Gasteiger partial charge in [0.2, 0.25) is 6.79 Å². The number of rotatable bonds is 6. The lowest BCUT2D eigenvalue weighted by atomic mass is 9.94. The molecule has 0 bridgehead atoms. The molecule has 5 rings (SSSR count). The van der Waals surface area contributed by atoms with Crippen molar-refractivity contribution < 1.29 is 14.3 Å². The number of likely N-dealkylation sites (tertiary alicyclic amines) is 1. The molecule has 1 aromatic carbocycles. The normalized spacial score (nSPS) is 20.3. The van der Waals surface area contributed by atoms with Crippen molar-refractivity contribution >= 4 is 18.3 Å². The van der Waals surface area contributed by atoms with Crippen LogP contribution in [0.2, 0.25) is 0 Å². The number of fused-ring (bicyclic) bond motifs is 2. The molecule has 1 aromatic heterocycles. The molecule has 0 aliphatic carbocycles. The summed E-state index contributed by atoms with van der Waals surface area (Å²) in [4.78, 5) is 21.9. The van der Waals surface area contributed by atoms with Gasteiger partial charge in [-0.15, -0.1) is 12.4 Å². The Bertz CT molecular complexity index is 908. The van der Waals surface area contributed by atoms with Crippen LogP contribution in [0.5, 0.6) is 11.5 Å². The third kappa shape index (κ3) is 4.96. The highest BCUT2D eigenvalue weighted by molar-refractivity contribution is 5.97. The monoisotopic (exact) mass is 443 g/mol. The summed E-state index contributed by atoms with van der Waals surface area (Å²) < 4.78 is 10.9. The largest absolute Gasteiger partial charge is 0.454 e. The van der Waals surface area contributed by atoms with Gasteiger partial charge in [-0.1, -0.05) is 6.07 Å². The smallest absolute Gasteiger partial charge is 0.254 e. The van der Waals surface area contributed by atoms with Gasteiger partial charge in [0.1, 0.15) is 0 Å². The third-order valence-corrected chi connectivity index (χ3v) is 6.51. The minimum Gasteiger partial charge on any atom is -0.454 e. The number of nitrogens with zero attached hydrogens (tertiary/aromatic N) is 3. The summed E-state index contributed by atoms with van der Waals surface area (Å²) in [6.07, 6.45) is 9.33. The zero-order valence-electron chi connectivity index (χ0n) is 17.8. The van der Waals surface area contributed by atoms with E-state index in [1.54, 1.807) is 0 Å². The van der Waals surface area contributed by atoms with E-state index in [9.17, 15) is 4.79 Å². The highest BCUT2D eigenvalue weighted by Crippen LogP contribution is 2.37. The van der Waals surface area contributed by atoms with Crippen LogP contribution < -0.4 is 9.47 Å². The van der Waals surface area contributed by atoms with Gasteiger partial charge in [0, 0.05) is 37.6 Å². The molecule has 31 heavy (non-hydrogen) atoms. The van der Waals surface area contributed by atoms with Crippen LogP contribution in [0.3, 0.4) is 0 Å². The van der Waals surface area contributed by atoms with Gasteiger partial charge in [-0.25, -0.2) is 0 Å². The van der Waals surface area contributed by atoms with Crippen LogP contribution in [0.15, 0.2) is 36.7 Å². The van der Waals surface area contributed by atoms with E-state index in [4.69, 9.17) is 9.47 Å². The van der Waals surface area contributed by atoms with Crippen molar-refractivity contribution in [1.82, 2.24) is 14.8 Å². The highest BCUT2D eigenvalue weighted by atomic mass is 35.5. The number of carbonyl (C=O) groups excluding carboxylic acids is 1. The lowest BCUT2D eigenvalue weighted by molar-refractivity contribution is 0.0660. The van der Waals surface area contributed by atoms with Crippen molar-refractivity contribution in [2.24, 2.45) is 5.92 Å². The van der Waals surface area contributed by atoms with E-state index < -0.39 is 0 Å². The zero-order chi connectivity index (χ0) is 20.3. The third-order valence-electron chi connectivity index (χ3n) is 6.51. The van der Waals surface area contributed by atoms with Gasteiger partial charge in [0.15, 0.2) is 11.5 Å². The average Bonchev–Trinajstić information content (AvgIpc) is 3.23. The van der Waals surface area contributed by atoms with E-state index in [-0.39, 0.29) is 25.1 Å². The summed E-state index contributed by atoms with van der Waals surface area (Å²) in [5.41, 5.74) is 3.18. The molecule has 3 aliphatic rings. The molecule has 2 aromatic rings. The number of amides is 1. The number of piperidine rings is 1. The van der Waals surface area contributed by atoms with Crippen molar-refractivity contribution in [3.8, 4) is 11.5 Å². The van der Waals surface area contributed by atoms with E-state index in [1.807, 2.05) is 35.5 Å². The molecule has 0 saturated carbocycles. The van der Waals surface area contributed by atoms with Crippen LogP contribution in [0.4, 0.5) is 0 Å². The van der Waals surface area contributed by atoms with E-state index in [0.717, 1.165) is 62.3 Å². The Morgan fingerprint density at radius 2 is 2.03 bits per heavy atom. The molecule has 1 fully saturated rings. The molecule has 0 spiro atoms. The van der Waals surface area contributed by atoms with Gasteiger partial charge in [-0.05, 0) is 80.4 Å². The quantitative estimate of drug-likeness (QED) is 0.683. The fourth-order valence-electron chi connectivity index (χ4n) is 4.96. The topological polar surface area (TPSA) is 54.9 Å². The van der Waals surface area contributed by atoms with E-state index in [1.165, 1.54) is 24.9 Å². The molecule has 1 amide bonds. The first kappa shape index (κ1) is 21.9. The zero-order valence-corrected chi connectivity index (χ0v) is 18.6. The maximum atomic E-state index is 13.1. The lowest BCUT2D eigenvalue weighted by Crippen LogP contribution is -2.45. The van der Waals surface area contributed by atoms with Crippen LogP contribution in [0.1, 0.15) is 40.7 Å². The van der Waals surface area contributed by atoms with Gasteiger partial charge >= 0.3 is 0 Å². The summed E-state index contributed by atoms with van der Waals surface area (Å²) in [5, 5.41) is 0. The number of pyridine rings is 1. The minimum atomic E-state index is 0. The molecule has 0 N–H and O–H groups in total. The van der Waals surface area contributed by atoms with Crippen molar-refractivity contribution in [3.05, 3.63) is 53.3 Å². The fourth-order valence-corrected chi connectivity index (χ4v) is 4.96. The Kier molecular flexibility index (Phi) is 6.98. The van der Waals surface area contributed by atoms with Crippen LogP contribution in [0, 0.1) is 5.92 Å². The number of benzene rings is 1. The fraction of sp³-hybridized carbons (Fsp3) is 0.500. The predicted octanol–water partition coefficient (Wildman–Crippen LogP) is 3.58. The molecule has 166 valence electrons. The summed E-state index contributed by atoms with van der Waals surface area (Å²) in [6, 6.07) is 8.01. The Hall–Kier alpha value is -2.31. The Balaban J connectivity index is 0.00000231. The average molecular weight is 444 g/mol. The highest BCUT2D eigenvalue weighted by Gasteiger charge is 2.30. The molecule has 7 heteroatoms. The summed E-state index contributed by atoms with van der Waals surface area (Å²) >= 11 is 0. The van der Waals surface area contributed by atoms with Gasteiger partial charge in [-0.3, -0.25) is 9.78 Å². The number of ether oxygens (including phenoxy) is 2. The molecule has 4 heterocycles. The van der Waals surface area contributed by atoms with Crippen LogP contribution >= 0.6 is 12.4 Å². The maximum Gasteiger partial charge on any atom is 0.254 e. The van der Waals surface area contributed by atoms with Gasteiger partial charge in [0.05, 0.1) is 0 Å². The van der Waals surface area contributed by atoms with Crippen LogP contribution in [-0.2, 0) is 12.8 Å². The van der Waals surface area contributed by atoms with Crippen molar-refractivity contribution in [1.29, 1.82) is 0 Å². The molecule has 6 nitrogen and oxygen atoms in total. The van der Waals surface area contributed by atoms with Crippen molar-refractivity contribution in [3.63, 3.8) is 0 Å². The number of halogens is 1. The van der Waals surface area contributed by atoms with Crippen molar-refractivity contribution in [2.75, 3.05) is 39.5 Å². The summed E-state index contributed by atoms with van der Waals surface area (Å²) in [6.45, 7) is 5.27. The number of hydrogen-bond acceptors (Lipinski definition) is 5. The molecule has 1 atom stereocenters. The van der Waals surface area contributed by atoms with Gasteiger partial charge in [-0.2, -0.15) is 0 Å². The SMILES string of the molecule is Cl.O=C1c2cc3c(cc2CCN1CC1CCCN(CCCc2cccnc2)C1)OCO3. The van der Waals surface area contributed by atoms with E-state index in [0.29, 0.717) is 11.7 Å². The predicted molar refractivity (Wildman–Crippen MR) is 121 cm³/mol. The Labute approximate surface area is 189 Å². The maximum absolute atomic E-state index is 13.1. The first-order chi connectivity index (χ1) is 14.8.